The van der Waals surface area contributed by atoms with Gasteiger partial charge in [-0.2, -0.15) is 4.98 Å². The van der Waals surface area contributed by atoms with Gasteiger partial charge in [-0.3, -0.25) is 9.78 Å². The Morgan fingerprint density at radius 3 is 2.63 bits per heavy atom. The molecule has 0 aliphatic carbocycles. The summed E-state index contributed by atoms with van der Waals surface area (Å²) in [6, 6.07) is 21.6. The van der Waals surface area contributed by atoms with Crippen LogP contribution < -0.4 is 5.32 Å². The number of nitrogens with zero attached hydrogens (tertiary/aromatic N) is 3. The third-order valence-corrected chi connectivity index (χ3v) is 4.73. The zero-order valence-corrected chi connectivity index (χ0v) is 16.5. The van der Waals surface area contributed by atoms with E-state index < -0.39 is 0 Å². The summed E-state index contributed by atoms with van der Waals surface area (Å²) in [5.41, 5.74) is 3.73. The SMILES string of the molecule is O=C(CCCc1ccccc1)Nc1ccccc1Cc1nc(-c2cccnc2)no1. The summed E-state index contributed by atoms with van der Waals surface area (Å²) in [4.78, 5) is 21.0. The Balaban J connectivity index is 1.37. The molecule has 0 saturated carbocycles. The minimum atomic E-state index is -0.0000378. The van der Waals surface area contributed by atoms with Gasteiger partial charge >= 0.3 is 0 Å². The van der Waals surface area contributed by atoms with E-state index in [1.54, 1.807) is 12.4 Å². The molecule has 6 heteroatoms. The van der Waals surface area contributed by atoms with Gasteiger partial charge in [0.25, 0.3) is 0 Å². The van der Waals surface area contributed by atoms with Gasteiger partial charge in [0.05, 0.1) is 6.42 Å². The predicted molar refractivity (Wildman–Crippen MR) is 115 cm³/mol. The summed E-state index contributed by atoms with van der Waals surface area (Å²) in [6.45, 7) is 0. The average Bonchev–Trinajstić information content (AvgIpc) is 3.25. The average molecular weight is 398 g/mol. The van der Waals surface area contributed by atoms with Gasteiger partial charge in [0.2, 0.25) is 17.6 Å². The highest BCUT2D eigenvalue weighted by Crippen LogP contribution is 2.21. The standard InChI is InChI=1S/C24H22N4O2/c29-22(14-6-10-18-8-2-1-3-9-18)26-21-13-5-4-11-19(21)16-23-27-24(28-30-23)20-12-7-15-25-17-20/h1-5,7-9,11-13,15,17H,6,10,14,16H2,(H,26,29). The van der Waals surface area contributed by atoms with Crippen LogP contribution in [0.15, 0.2) is 83.6 Å². The van der Waals surface area contributed by atoms with E-state index in [-0.39, 0.29) is 5.91 Å². The molecule has 2 aromatic heterocycles. The number of hydrogen-bond donors (Lipinski definition) is 1. The lowest BCUT2D eigenvalue weighted by Gasteiger charge is -2.10. The van der Waals surface area contributed by atoms with Crippen LogP contribution in [0.5, 0.6) is 0 Å². The zero-order chi connectivity index (χ0) is 20.6. The Bertz CT molecular complexity index is 1090. The van der Waals surface area contributed by atoms with E-state index in [1.165, 1.54) is 5.56 Å². The molecule has 0 atom stereocenters. The van der Waals surface area contributed by atoms with E-state index >= 15 is 0 Å². The second-order valence-electron chi connectivity index (χ2n) is 6.97. The molecule has 4 aromatic rings. The first kappa shape index (κ1) is 19.5. The maximum atomic E-state index is 12.4. The molecule has 1 N–H and O–H groups in total. The van der Waals surface area contributed by atoms with Crippen LogP contribution >= 0.6 is 0 Å². The Morgan fingerprint density at radius 2 is 1.80 bits per heavy atom. The van der Waals surface area contributed by atoms with Crippen molar-refractivity contribution in [3.63, 3.8) is 0 Å². The Kier molecular flexibility index (Phi) is 6.25. The summed E-state index contributed by atoms with van der Waals surface area (Å²) < 4.78 is 5.40. The van der Waals surface area contributed by atoms with Gasteiger partial charge < -0.3 is 9.84 Å². The van der Waals surface area contributed by atoms with Crippen LogP contribution in [0.4, 0.5) is 5.69 Å². The molecule has 0 bridgehead atoms. The molecule has 2 aromatic carbocycles. The number of pyridine rings is 1. The lowest BCUT2D eigenvalue weighted by atomic mass is 10.1. The topological polar surface area (TPSA) is 80.9 Å². The predicted octanol–water partition coefficient (Wildman–Crippen LogP) is 4.68. The molecule has 6 nitrogen and oxygen atoms in total. The molecule has 0 radical (unpaired) electrons. The van der Waals surface area contributed by atoms with Crippen LogP contribution in [-0.2, 0) is 17.6 Å². The molecule has 4 rings (SSSR count). The summed E-state index contributed by atoms with van der Waals surface area (Å²) >= 11 is 0. The summed E-state index contributed by atoms with van der Waals surface area (Å²) in [6.07, 6.45) is 5.98. The van der Waals surface area contributed by atoms with Gasteiger partial charge in [-0.25, -0.2) is 0 Å². The molecular formula is C24H22N4O2. The second-order valence-corrected chi connectivity index (χ2v) is 6.97. The fourth-order valence-corrected chi connectivity index (χ4v) is 3.21. The quantitative estimate of drug-likeness (QED) is 0.466. The normalized spacial score (nSPS) is 10.7. The van der Waals surface area contributed by atoms with E-state index in [0.29, 0.717) is 24.6 Å². The molecule has 0 fully saturated rings. The first-order valence-corrected chi connectivity index (χ1v) is 9.92. The summed E-state index contributed by atoms with van der Waals surface area (Å²) in [5.74, 6) is 0.986. The summed E-state index contributed by atoms with van der Waals surface area (Å²) in [7, 11) is 0. The van der Waals surface area contributed by atoms with Gasteiger partial charge in [0, 0.05) is 30.1 Å². The van der Waals surface area contributed by atoms with Gasteiger partial charge in [0.1, 0.15) is 0 Å². The van der Waals surface area contributed by atoms with Gasteiger partial charge in [-0.05, 0) is 42.2 Å². The van der Waals surface area contributed by atoms with Crippen molar-refractivity contribution in [2.75, 3.05) is 5.32 Å². The van der Waals surface area contributed by atoms with Crippen molar-refractivity contribution < 1.29 is 9.32 Å². The molecule has 0 unspecified atom stereocenters. The lowest BCUT2D eigenvalue weighted by molar-refractivity contribution is -0.116. The zero-order valence-electron chi connectivity index (χ0n) is 16.5. The number of benzene rings is 2. The third-order valence-electron chi connectivity index (χ3n) is 4.73. The van der Waals surface area contributed by atoms with Crippen LogP contribution in [0, 0.1) is 0 Å². The maximum Gasteiger partial charge on any atom is 0.231 e. The number of aryl methyl sites for hydroxylation is 1. The molecule has 150 valence electrons. The number of rotatable bonds is 8. The van der Waals surface area contributed by atoms with E-state index in [4.69, 9.17) is 4.52 Å². The second kappa shape index (κ2) is 9.60. The van der Waals surface area contributed by atoms with Crippen LogP contribution in [0.25, 0.3) is 11.4 Å². The highest BCUT2D eigenvalue weighted by molar-refractivity contribution is 5.91. The van der Waals surface area contributed by atoms with Crippen molar-refractivity contribution in [2.24, 2.45) is 0 Å². The molecule has 2 heterocycles. The Morgan fingerprint density at radius 1 is 0.967 bits per heavy atom. The van der Waals surface area contributed by atoms with Gasteiger partial charge in [-0.15, -0.1) is 0 Å². The number of anilines is 1. The molecule has 0 aliphatic heterocycles. The van der Waals surface area contributed by atoms with E-state index in [9.17, 15) is 4.79 Å². The van der Waals surface area contributed by atoms with E-state index in [0.717, 1.165) is 29.7 Å². The minimum Gasteiger partial charge on any atom is -0.339 e. The van der Waals surface area contributed by atoms with Crippen LogP contribution in [0.3, 0.4) is 0 Å². The number of para-hydroxylation sites is 1. The van der Waals surface area contributed by atoms with Crippen molar-refractivity contribution in [1.82, 2.24) is 15.1 Å². The number of hydrogen-bond acceptors (Lipinski definition) is 5. The highest BCUT2D eigenvalue weighted by Gasteiger charge is 2.13. The first-order chi connectivity index (χ1) is 14.8. The van der Waals surface area contributed by atoms with E-state index in [2.05, 4.69) is 32.6 Å². The Hall–Kier alpha value is -3.80. The fourth-order valence-electron chi connectivity index (χ4n) is 3.21. The van der Waals surface area contributed by atoms with Crippen LogP contribution in [0.2, 0.25) is 0 Å². The van der Waals surface area contributed by atoms with Gasteiger partial charge in [0.15, 0.2) is 0 Å². The fraction of sp³-hybridized carbons (Fsp3) is 0.167. The van der Waals surface area contributed by atoms with Crippen molar-refractivity contribution in [2.45, 2.75) is 25.7 Å². The van der Waals surface area contributed by atoms with Gasteiger partial charge in [-0.1, -0.05) is 53.7 Å². The minimum absolute atomic E-state index is 0.0000378. The maximum absolute atomic E-state index is 12.4. The summed E-state index contributed by atoms with van der Waals surface area (Å²) in [5, 5.41) is 7.05. The first-order valence-electron chi connectivity index (χ1n) is 9.92. The molecule has 0 spiro atoms. The third kappa shape index (κ3) is 5.17. The number of aromatic nitrogens is 3. The van der Waals surface area contributed by atoms with Crippen molar-refractivity contribution in [3.8, 4) is 11.4 Å². The number of carbonyl (C=O) groups is 1. The molecule has 1 amide bonds. The smallest absolute Gasteiger partial charge is 0.231 e. The number of nitrogens with one attached hydrogen (secondary N) is 1. The van der Waals surface area contributed by atoms with Crippen LogP contribution in [0.1, 0.15) is 29.9 Å². The van der Waals surface area contributed by atoms with Crippen LogP contribution in [-0.4, -0.2) is 21.0 Å². The van der Waals surface area contributed by atoms with Crippen molar-refractivity contribution in [1.29, 1.82) is 0 Å². The van der Waals surface area contributed by atoms with Crippen molar-refractivity contribution in [3.05, 3.63) is 96.1 Å². The molecule has 0 saturated heterocycles. The highest BCUT2D eigenvalue weighted by atomic mass is 16.5. The largest absolute Gasteiger partial charge is 0.339 e. The molecule has 0 aliphatic rings. The number of amides is 1. The lowest BCUT2D eigenvalue weighted by Crippen LogP contribution is -2.13. The van der Waals surface area contributed by atoms with Crippen molar-refractivity contribution >= 4 is 11.6 Å². The molecular weight excluding hydrogens is 376 g/mol. The van der Waals surface area contributed by atoms with E-state index in [1.807, 2.05) is 54.6 Å². The monoisotopic (exact) mass is 398 g/mol. The number of carbonyl (C=O) groups excluding carboxylic acids is 1. The Labute approximate surface area is 175 Å². The molecule has 30 heavy (non-hydrogen) atoms.